The number of nitrogens with two attached hydrogens (primary N) is 1. The smallest absolute Gasteiger partial charge is 0.0294 e. The zero-order chi connectivity index (χ0) is 10.4. The van der Waals surface area contributed by atoms with E-state index in [1.54, 1.807) is 0 Å². The molecule has 0 radical (unpaired) electrons. The molecule has 0 aromatic heterocycles. The lowest BCUT2D eigenvalue weighted by molar-refractivity contribution is 0.617. The summed E-state index contributed by atoms with van der Waals surface area (Å²) in [6, 6.07) is 8.64. The van der Waals surface area contributed by atoms with Gasteiger partial charge in [0.2, 0.25) is 0 Å². The molecule has 14 heavy (non-hydrogen) atoms. The van der Waals surface area contributed by atoms with Gasteiger partial charge in [-0.2, -0.15) is 0 Å². The predicted molar refractivity (Wildman–Crippen MR) is 62.2 cm³/mol. The number of allylic oxidation sites excluding steroid dienone is 1. The standard InChI is InChI=1S/C13H19N/c1-3-4-5-6-13(14)12-9-7-11(2)8-10-12/h3,7-10,13H,1,4-6,14H2,2H3. The van der Waals surface area contributed by atoms with E-state index in [0.29, 0.717) is 0 Å². The normalized spacial score (nSPS) is 12.4. The summed E-state index contributed by atoms with van der Waals surface area (Å²) >= 11 is 0. The van der Waals surface area contributed by atoms with Gasteiger partial charge in [-0.3, -0.25) is 0 Å². The maximum atomic E-state index is 6.05. The highest BCUT2D eigenvalue weighted by Gasteiger charge is 2.03. The third kappa shape index (κ3) is 3.35. The average molecular weight is 189 g/mol. The monoisotopic (exact) mass is 189 g/mol. The van der Waals surface area contributed by atoms with Crippen LogP contribution in [-0.4, -0.2) is 0 Å². The van der Waals surface area contributed by atoms with E-state index in [1.165, 1.54) is 11.1 Å². The summed E-state index contributed by atoms with van der Waals surface area (Å²) in [5.41, 5.74) is 8.57. The van der Waals surface area contributed by atoms with Crippen molar-refractivity contribution in [2.45, 2.75) is 32.2 Å². The van der Waals surface area contributed by atoms with E-state index >= 15 is 0 Å². The van der Waals surface area contributed by atoms with Gasteiger partial charge in [0.15, 0.2) is 0 Å². The molecule has 1 heteroatoms. The molecule has 0 fully saturated rings. The van der Waals surface area contributed by atoms with Crippen LogP contribution in [0.15, 0.2) is 36.9 Å². The number of hydrogen-bond donors (Lipinski definition) is 1. The first kappa shape index (κ1) is 11.0. The second kappa shape index (κ2) is 5.61. The summed E-state index contributed by atoms with van der Waals surface area (Å²) in [5, 5.41) is 0. The fraction of sp³-hybridized carbons (Fsp3) is 0.385. The summed E-state index contributed by atoms with van der Waals surface area (Å²) < 4.78 is 0. The van der Waals surface area contributed by atoms with Gasteiger partial charge in [-0.25, -0.2) is 0 Å². The topological polar surface area (TPSA) is 26.0 Å². The van der Waals surface area contributed by atoms with Gasteiger partial charge >= 0.3 is 0 Å². The van der Waals surface area contributed by atoms with Crippen LogP contribution in [0.3, 0.4) is 0 Å². The zero-order valence-corrected chi connectivity index (χ0v) is 8.87. The van der Waals surface area contributed by atoms with Crippen LogP contribution in [0.4, 0.5) is 0 Å². The van der Waals surface area contributed by atoms with Crippen LogP contribution in [-0.2, 0) is 0 Å². The van der Waals surface area contributed by atoms with Crippen molar-refractivity contribution in [2.24, 2.45) is 5.73 Å². The Morgan fingerprint density at radius 2 is 2.00 bits per heavy atom. The van der Waals surface area contributed by atoms with E-state index in [0.717, 1.165) is 19.3 Å². The molecule has 0 aliphatic heterocycles. The van der Waals surface area contributed by atoms with Crippen molar-refractivity contribution < 1.29 is 0 Å². The molecule has 0 aliphatic carbocycles. The van der Waals surface area contributed by atoms with Gasteiger partial charge < -0.3 is 5.73 Å². The van der Waals surface area contributed by atoms with Crippen molar-refractivity contribution in [1.82, 2.24) is 0 Å². The van der Waals surface area contributed by atoms with Crippen LogP contribution < -0.4 is 5.73 Å². The maximum absolute atomic E-state index is 6.05. The van der Waals surface area contributed by atoms with Crippen LogP contribution >= 0.6 is 0 Å². The molecule has 0 heterocycles. The molecule has 0 aliphatic rings. The molecule has 2 N–H and O–H groups in total. The first-order valence-corrected chi connectivity index (χ1v) is 5.17. The molecule has 1 aromatic rings. The fourth-order valence-corrected chi connectivity index (χ4v) is 1.46. The van der Waals surface area contributed by atoms with Gasteiger partial charge in [-0.1, -0.05) is 35.9 Å². The third-order valence-corrected chi connectivity index (χ3v) is 2.43. The van der Waals surface area contributed by atoms with Crippen LogP contribution in [0.5, 0.6) is 0 Å². The number of aryl methyl sites for hydroxylation is 1. The van der Waals surface area contributed by atoms with Crippen molar-refractivity contribution >= 4 is 0 Å². The van der Waals surface area contributed by atoms with Gasteiger partial charge in [0, 0.05) is 6.04 Å². The minimum Gasteiger partial charge on any atom is -0.324 e. The van der Waals surface area contributed by atoms with Crippen LogP contribution in [0.1, 0.15) is 36.4 Å². The van der Waals surface area contributed by atoms with Crippen molar-refractivity contribution in [3.8, 4) is 0 Å². The highest BCUT2D eigenvalue weighted by molar-refractivity contribution is 5.23. The quantitative estimate of drug-likeness (QED) is 0.558. The Kier molecular flexibility index (Phi) is 4.41. The molecule has 1 nitrogen and oxygen atoms in total. The summed E-state index contributed by atoms with van der Waals surface area (Å²) in [6.45, 7) is 5.79. The molecular weight excluding hydrogens is 170 g/mol. The minimum atomic E-state index is 0.176. The Balaban J connectivity index is 2.47. The molecule has 1 atom stereocenters. The molecule has 0 amide bonds. The molecule has 1 aromatic carbocycles. The molecule has 76 valence electrons. The molecule has 1 rings (SSSR count). The lowest BCUT2D eigenvalue weighted by Crippen LogP contribution is -2.09. The van der Waals surface area contributed by atoms with Gasteiger partial charge in [-0.05, 0) is 31.7 Å². The highest BCUT2D eigenvalue weighted by atomic mass is 14.6. The third-order valence-electron chi connectivity index (χ3n) is 2.43. The first-order valence-electron chi connectivity index (χ1n) is 5.17. The molecule has 0 saturated heterocycles. The zero-order valence-electron chi connectivity index (χ0n) is 8.87. The lowest BCUT2D eigenvalue weighted by Gasteiger charge is -2.11. The van der Waals surface area contributed by atoms with Crippen LogP contribution in [0.25, 0.3) is 0 Å². The SMILES string of the molecule is C=CCCCC(N)c1ccc(C)cc1. The lowest BCUT2D eigenvalue weighted by atomic mass is 10.0. The number of unbranched alkanes of at least 4 members (excludes halogenated alkanes) is 1. The molecule has 0 saturated carbocycles. The molecule has 1 unspecified atom stereocenters. The summed E-state index contributed by atoms with van der Waals surface area (Å²) in [4.78, 5) is 0. The van der Waals surface area contributed by atoms with Gasteiger partial charge in [-0.15, -0.1) is 6.58 Å². The van der Waals surface area contributed by atoms with Crippen LogP contribution in [0.2, 0.25) is 0 Å². The number of benzene rings is 1. The van der Waals surface area contributed by atoms with Gasteiger partial charge in [0.1, 0.15) is 0 Å². The summed E-state index contributed by atoms with van der Waals surface area (Å²) in [5.74, 6) is 0. The molecule has 0 bridgehead atoms. The largest absolute Gasteiger partial charge is 0.324 e. The Bertz CT molecular complexity index is 274. The second-order valence-corrected chi connectivity index (χ2v) is 3.74. The predicted octanol–water partition coefficient (Wildman–Crippen LogP) is 3.35. The van der Waals surface area contributed by atoms with E-state index in [2.05, 4.69) is 37.8 Å². The van der Waals surface area contributed by atoms with E-state index in [-0.39, 0.29) is 6.04 Å². The highest BCUT2D eigenvalue weighted by Crippen LogP contribution is 2.17. The summed E-state index contributed by atoms with van der Waals surface area (Å²) in [6.07, 6.45) is 5.16. The number of hydrogen-bond acceptors (Lipinski definition) is 1. The van der Waals surface area contributed by atoms with E-state index in [9.17, 15) is 0 Å². The Hall–Kier alpha value is -1.08. The minimum absolute atomic E-state index is 0.176. The average Bonchev–Trinajstić information content (AvgIpc) is 2.19. The summed E-state index contributed by atoms with van der Waals surface area (Å²) in [7, 11) is 0. The Morgan fingerprint density at radius 3 is 2.57 bits per heavy atom. The van der Waals surface area contributed by atoms with Crippen molar-refractivity contribution in [1.29, 1.82) is 0 Å². The second-order valence-electron chi connectivity index (χ2n) is 3.74. The van der Waals surface area contributed by atoms with E-state index < -0.39 is 0 Å². The number of rotatable bonds is 5. The van der Waals surface area contributed by atoms with E-state index in [1.807, 2.05) is 6.08 Å². The van der Waals surface area contributed by atoms with Crippen molar-refractivity contribution in [2.75, 3.05) is 0 Å². The van der Waals surface area contributed by atoms with Gasteiger partial charge in [0.25, 0.3) is 0 Å². The molecule has 0 spiro atoms. The van der Waals surface area contributed by atoms with Crippen molar-refractivity contribution in [3.05, 3.63) is 48.0 Å². The molecular formula is C13H19N. The fourth-order valence-electron chi connectivity index (χ4n) is 1.46. The van der Waals surface area contributed by atoms with E-state index in [4.69, 9.17) is 5.73 Å². The van der Waals surface area contributed by atoms with Crippen LogP contribution in [0, 0.1) is 6.92 Å². The maximum Gasteiger partial charge on any atom is 0.0294 e. The van der Waals surface area contributed by atoms with Crippen molar-refractivity contribution in [3.63, 3.8) is 0 Å². The Labute approximate surface area is 86.6 Å². The van der Waals surface area contributed by atoms with Gasteiger partial charge in [0.05, 0.1) is 0 Å². The Morgan fingerprint density at radius 1 is 1.36 bits per heavy atom. The first-order chi connectivity index (χ1) is 6.74.